The molecule has 150 valence electrons. The van der Waals surface area contributed by atoms with Gasteiger partial charge in [-0.3, -0.25) is 4.90 Å². The van der Waals surface area contributed by atoms with Gasteiger partial charge in [-0.05, 0) is 76.5 Å². The number of rotatable bonds is 7. The molecule has 2 amide bonds. The van der Waals surface area contributed by atoms with E-state index in [-0.39, 0.29) is 6.03 Å². The third-order valence-corrected chi connectivity index (χ3v) is 6.12. The van der Waals surface area contributed by atoms with Crippen LogP contribution in [0.4, 0.5) is 10.5 Å². The van der Waals surface area contributed by atoms with Crippen molar-refractivity contribution >= 4 is 11.7 Å². The fourth-order valence-electron chi connectivity index (χ4n) is 4.61. The van der Waals surface area contributed by atoms with Gasteiger partial charge in [0.05, 0.1) is 0 Å². The summed E-state index contributed by atoms with van der Waals surface area (Å²) in [5.41, 5.74) is 2.14. The van der Waals surface area contributed by atoms with Gasteiger partial charge >= 0.3 is 6.03 Å². The monoisotopic (exact) mass is 372 g/mol. The molecule has 0 spiro atoms. The molecule has 1 atom stereocenters. The predicted octanol–water partition coefficient (Wildman–Crippen LogP) is 3.91. The third kappa shape index (κ3) is 6.22. The van der Waals surface area contributed by atoms with E-state index in [9.17, 15) is 4.79 Å². The van der Waals surface area contributed by atoms with Crippen LogP contribution in [0.15, 0.2) is 24.3 Å². The second kappa shape index (κ2) is 10.1. The van der Waals surface area contributed by atoms with E-state index in [4.69, 9.17) is 0 Å². The summed E-state index contributed by atoms with van der Waals surface area (Å²) in [5.74, 6) is 0.692. The molecule has 1 saturated heterocycles. The number of nitrogens with one attached hydrogen (secondary N) is 2. The first-order valence-corrected chi connectivity index (χ1v) is 10.6. The summed E-state index contributed by atoms with van der Waals surface area (Å²) in [5, 5.41) is 6.12. The Bertz CT molecular complexity index is 592. The van der Waals surface area contributed by atoms with E-state index in [2.05, 4.69) is 46.7 Å². The van der Waals surface area contributed by atoms with Crippen LogP contribution in [0.5, 0.6) is 0 Å². The first-order valence-electron chi connectivity index (χ1n) is 10.6. The molecule has 5 heteroatoms. The van der Waals surface area contributed by atoms with Crippen LogP contribution in [-0.4, -0.2) is 55.6 Å². The number of hydrogen-bond acceptors (Lipinski definition) is 3. The molecule has 27 heavy (non-hydrogen) atoms. The number of hydrogen-bond donors (Lipinski definition) is 2. The summed E-state index contributed by atoms with van der Waals surface area (Å²) < 4.78 is 0. The number of nitrogens with zero attached hydrogens (tertiary/aromatic N) is 2. The van der Waals surface area contributed by atoms with Crippen LogP contribution in [0.2, 0.25) is 0 Å². The molecule has 2 aliphatic rings. The van der Waals surface area contributed by atoms with Gasteiger partial charge in [0, 0.05) is 24.8 Å². The van der Waals surface area contributed by atoms with Crippen molar-refractivity contribution < 1.29 is 4.79 Å². The summed E-state index contributed by atoms with van der Waals surface area (Å²) >= 11 is 0. The fraction of sp³-hybridized carbons (Fsp3) is 0.682. The molecule has 0 radical (unpaired) electrons. The Morgan fingerprint density at radius 2 is 1.89 bits per heavy atom. The van der Waals surface area contributed by atoms with Gasteiger partial charge in [-0.25, -0.2) is 4.79 Å². The highest BCUT2D eigenvalue weighted by molar-refractivity contribution is 5.89. The number of likely N-dealkylation sites (tertiary alicyclic amines) is 1. The summed E-state index contributed by atoms with van der Waals surface area (Å²) in [6, 6.07) is 8.56. The van der Waals surface area contributed by atoms with Crippen molar-refractivity contribution in [2.75, 3.05) is 39.0 Å². The standard InChI is InChI=1S/C22H36N4O/c1-25(2)21(19-10-4-3-5-11-19)16-23-22(27)24-20-12-8-9-18(15-20)17-26-13-6-7-14-26/h8-9,12,15,19,21H,3-7,10-11,13-14,16-17H2,1-2H3,(H2,23,24,27)/t21-/m0/s1. The maximum absolute atomic E-state index is 12.4. The molecule has 1 aliphatic carbocycles. The molecule has 2 N–H and O–H groups in total. The Kier molecular flexibility index (Phi) is 7.53. The minimum absolute atomic E-state index is 0.101. The van der Waals surface area contributed by atoms with Crippen molar-refractivity contribution in [3.8, 4) is 0 Å². The lowest BCUT2D eigenvalue weighted by molar-refractivity contribution is 0.167. The van der Waals surface area contributed by atoms with Crippen molar-refractivity contribution in [1.29, 1.82) is 0 Å². The van der Waals surface area contributed by atoms with Crippen LogP contribution in [-0.2, 0) is 6.54 Å². The molecule has 0 aromatic heterocycles. The molecule has 3 rings (SSSR count). The highest BCUT2D eigenvalue weighted by Crippen LogP contribution is 2.28. The van der Waals surface area contributed by atoms with Gasteiger partial charge in [0.15, 0.2) is 0 Å². The van der Waals surface area contributed by atoms with Gasteiger partial charge in [0.25, 0.3) is 0 Å². The maximum Gasteiger partial charge on any atom is 0.319 e. The number of anilines is 1. The lowest BCUT2D eigenvalue weighted by Gasteiger charge is -2.34. The van der Waals surface area contributed by atoms with Crippen molar-refractivity contribution in [1.82, 2.24) is 15.1 Å². The normalized spacial score (nSPS) is 20.0. The van der Waals surface area contributed by atoms with Crippen LogP contribution in [0.25, 0.3) is 0 Å². The number of likely N-dealkylation sites (N-methyl/N-ethyl adjacent to an activating group) is 1. The van der Waals surface area contributed by atoms with E-state index in [1.807, 2.05) is 12.1 Å². The Hall–Kier alpha value is -1.59. The van der Waals surface area contributed by atoms with E-state index >= 15 is 0 Å². The van der Waals surface area contributed by atoms with Crippen molar-refractivity contribution in [3.63, 3.8) is 0 Å². The van der Waals surface area contributed by atoms with Gasteiger partial charge < -0.3 is 15.5 Å². The molecule has 1 saturated carbocycles. The number of benzene rings is 1. The minimum Gasteiger partial charge on any atom is -0.336 e. The quantitative estimate of drug-likeness (QED) is 0.763. The van der Waals surface area contributed by atoms with Crippen molar-refractivity contribution in [2.24, 2.45) is 5.92 Å². The largest absolute Gasteiger partial charge is 0.336 e. The average Bonchev–Trinajstić information content (AvgIpc) is 3.16. The zero-order valence-electron chi connectivity index (χ0n) is 17.0. The molecular weight excluding hydrogens is 336 g/mol. The molecule has 1 aliphatic heterocycles. The van der Waals surface area contributed by atoms with E-state index < -0.39 is 0 Å². The number of urea groups is 1. The molecule has 2 fully saturated rings. The van der Waals surface area contributed by atoms with Crippen LogP contribution in [0.3, 0.4) is 0 Å². The Labute approximate surface area is 164 Å². The SMILES string of the molecule is CN(C)[C@@H](CNC(=O)Nc1cccc(CN2CCCC2)c1)C1CCCCC1. The zero-order chi connectivity index (χ0) is 19.1. The molecule has 0 unspecified atom stereocenters. The van der Waals surface area contributed by atoms with E-state index in [0.29, 0.717) is 18.5 Å². The highest BCUT2D eigenvalue weighted by atomic mass is 16.2. The number of carbonyl (C=O) groups is 1. The number of amides is 2. The Morgan fingerprint density at radius 3 is 2.59 bits per heavy atom. The summed E-state index contributed by atoms with van der Waals surface area (Å²) in [6.07, 6.45) is 9.17. The van der Waals surface area contributed by atoms with Crippen LogP contribution < -0.4 is 10.6 Å². The molecular formula is C22H36N4O. The highest BCUT2D eigenvalue weighted by Gasteiger charge is 2.25. The zero-order valence-corrected chi connectivity index (χ0v) is 17.0. The first-order chi connectivity index (χ1) is 13.1. The topological polar surface area (TPSA) is 47.6 Å². The second-order valence-corrected chi connectivity index (χ2v) is 8.45. The summed E-state index contributed by atoms with van der Waals surface area (Å²) in [7, 11) is 4.25. The van der Waals surface area contributed by atoms with E-state index in [1.54, 1.807) is 0 Å². The van der Waals surface area contributed by atoms with Crippen LogP contribution in [0, 0.1) is 5.92 Å². The summed E-state index contributed by atoms with van der Waals surface area (Å²) in [4.78, 5) is 17.2. The second-order valence-electron chi connectivity index (χ2n) is 8.45. The van der Waals surface area contributed by atoms with Gasteiger partial charge in [-0.2, -0.15) is 0 Å². The molecule has 1 aromatic carbocycles. The van der Waals surface area contributed by atoms with Crippen molar-refractivity contribution in [3.05, 3.63) is 29.8 Å². The minimum atomic E-state index is -0.101. The van der Waals surface area contributed by atoms with Gasteiger partial charge in [0.2, 0.25) is 0 Å². The van der Waals surface area contributed by atoms with E-state index in [0.717, 1.165) is 12.2 Å². The van der Waals surface area contributed by atoms with E-state index in [1.165, 1.54) is 63.6 Å². The maximum atomic E-state index is 12.4. The smallest absolute Gasteiger partial charge is 0.319 e. The first kappa shape index (κ1) is 20.2. The number of carbonyl (C=O) groups excluding carboxylic acids is 1. The van der Waals surface area contributed by atoms with Crippen LogP contribution >= 0.6 is 0 Å². The van der Waals surface area contributed by atoms with Gasteiger partial charge in [0.1, 0.15) is 0 Å². The average molecular weight is 373 g/mol. The Balaban J connectivity index is 1.49. The lowest BCUT2D eigenvalue weighted by Crippen LogP contribution is -2.46. The molecule has 1 heterocycles. The lowest BCUT2D eigenvalue weighted by atomic mass is 9.83. The predicted molar refractivity (Wildman–Crippen MR) is 112 cm³/mol. The fourth-order valence-corrected chi connectivity index (χ4v) is 4.61. The molecule has 1 aromatic rings. The Morgan fingerprint density at radius 1 is 1.15 bits per heavy atom. The van der Waals surface area contributed by atoms with Gasteiger partial charge in [-0.1, -0.05) is 31.4 Å². The third-order valence-electron chi connectivity index (χ3n) is 6.12. The van der Waals surface area contributed by atoms with Crippen LogP contribution in [0.1, 0.15) is 50.5 Å². The molecule has 5 nitrogen and oxygen atoms in total. The summed E-state index contributed by atoms with van der Waals surface area (Å²) in [6.45, 7) is 4.05. The van der Waals surface area contributed by atoms with Crippen molar-refractivity contribution in [2.45, 2.75) is 57.5 Å². The van der Waals surface area contributed by atoms with Gasteiger partial charge in [-0.15, -0.1) is 0 Å². The molecule has 0 bridgehead atoms.